The third kappa shape index (κ3) is 4.28. The predicted octanol–water partition coefficient (Wildman–Crippen LogP) is 3.60. The fourth-order valence-electron chi connectivity index (χ4n) is 2.71. The molecule has 6 heteroatoms. The van der Waals surface area contributed by atoms with Crippen LogP contribution in [0.3, 0.4) is 0 Å². The molecule has 3 rings (SSSR count). The summed E-state index contributed by atoms with van der Waals surface area (Å²) in [6.07, 6.45) is 0.799. The molecule has 0 aliphatic rings. The number of anilines is 1. The first-order chi connectivity index (χ1) is 13.0. The molecule has 138 valence electrons. The highest BCUT2D eigenvalue weighted by molar-refractivity contribution is 5.97. The van der Waals surface area contributed by atoms with Crippen LogP contribution < -0.4 is 5.32 Å². The average molecular weight is 363 g/mol. The van der Waals surface area contributed by atoms with E-state index in [2.05, 4.69) is 15.3 Å². The molecule has 2 aromatic carbocycles. The van der Waals surface area contributed by atoms with E-state index in [0.29, 0.717) is 16.6 Å². The number of nitrogens with one attached hydrogen (secondary N) is 1. The van der Waals surface area contributed by atoms with Crippen molar-refractivity contribution in [2.45, 2.75) is 27.2 Å². The van der Waals surface area contributed by atoms with E-state index >= 15 is 0 Å². The van der Waals surface area contributed by atoms with E-state index in [-0.39, 0.29) is 12.5 Å². The summed E-state index contributed by atoms with van der Waals surface area (Å²) in [7, 11) is 0. The summed E-state index contributed by atoms with van der Waals surface area (Å²) in [5, 5.41) is 2.77. The van der Waals surface area contributed by atoms with Gasteiger partial charge in [0.2, 0.25) is 0 Å². The van der Waals surface area contributed by atoms with Crippen molar-refractivity contribution in [1.82, 2.24) is 9.97 Å². The number of carbonyl (C=O) groups is 2. The van der Waals surface area contributed by atoms with Gasteiger partial charge in [0.25, 0.3) is 5.91 Å². The number of nitrogens with zero attached hydrogens (tertiary/aromatic N) is 2. The summed E-state index contributed by atoms with van der Waals surface area (Å²) < 4.78 is 5.14. The van der Waals surface area contributed by atoms with Crippen LogP contribution in [-0.2, 0) is 16.0 Å². The van der Waals surface area contributed by atoms with Gasteiger partial charge in [-0.2, -0.15) is 0 Å². The maximum absolute atomic E-state index is 12.3. The first-order valence-corrected chi connectivity index (χ1v) is 8.78. The third-order valence-electron chi connectivity index (χ3n) is 4.32. The lowest BCUT2D eigenvalue weighted by molar-refractivity contribution is -0.119. The van der Waals surface area contributed by atoms with Crippen LogP contribution in [0.25, 0.3) is 11.0 Å². The molecule has 0 atom stereocenters. The summed E-state index contributed by atoms with van der Waals surface area (Å²) in [4.78, 5) is 33.2. The van der Waals surface area contributed by atoms with E-state index < -0.39 is 5.97 Å². The number of ether oxygens (including phenoxy) is 1. The molecule has 1 amide bonds. The zero-order chi connectivity index (χ0) is 19.4. The first kappa shape index (κ1) is 18.5. The molecule has 1 aromatic heterocycles. The number of hydrogen-bond donors (Lipinski definition) is 1. The molecule has 27 heavy (non-hydrogen) atoms. The standard InChI is InChI=1S/C21H21N3O3/c1-4-15-7-5-6-8-17(15)24-20(25)12-27-21(26)16-9-10-18-19(11-16)23-14(3)13(2)22-18/h5-11H,4,12H2,1-3H3,(H,24,25). The second-order valence-corrected chi connectivity index (χ2v) is 6.23. The number of aryl methyl sites for hydroxylation is 3. The Bertz CT molecular complexity index is 1010. The Hall–Kier alpha value is -3.28. The van der Waals surface area contributed by atoms with Crippen LogP contribution >= 0.6 is 0 Å². The molecule has 1 heterocycles. The number of esters is 1. The number of carbonyl (C=O) groups excluding carboxylic acids is 2. The maximum atomic E-state index is 12.3. The molecule has 0 aliphatic heterocycles. The van der Waals surface area contributed by atoms with Crippen LogP contribution in [0.5, 0.6) is 0 Å². The molecule has 1 N–H and O–H groups in total. The Balaban J connectivity index is 1.66. The number of rotatable bonds is 5. The normalized spacial score (nSPS) is 10.6. The second kappa shape index (κ2) is 7.95. The van der Waals surface area contributed by atoms with Crippen molar-refractivity contribution in [3.05, 3.63) is 65.0 Å². The summed E-state index contributed by atoms with van der Waals surface area (Å²) in [6, 6.07) is 12.5. The van der Waals surface area contributed by atoms with Gasteiger partial charge in [-0.15, -0.1) is 0 Å². The molecule has 6 nitrogen and oxygen atoms in total. The van der Waals surface area contributed by atoms with Crippen molar-refractivity contribution in [3.63, 3.8) is 0 Å². The zero-order valence-electron chi connectivity index (χ0n) is 15.6. The Morgan fingerprint density at radius 1 is 1.00 bits per heavy atom. The van der Waals surface area contributed by atoms with E-state index in [1.807, 2.05) is 45.0 Å². The van der Waals surface area contributed by atoms with Crippen LogP contribution in [-0.4, -0.2) is 28.5 Å². The summed E-state index contributed by atoms with van der Waals surface area (Å²) in [5.74, 6) is -0.952. The van der Waals surface area contributed by atoms with Crippen molar-refractivity contribution < 1.29 is 14.3 Å². The van der Waals surface area contributed by atoms with Crippen LogP contribution in [0.15, 0.2) is 42.5 Å². The fourth-order valence-corrected chi connectivity index (χ4v) is 2.71. The van der Waals surface area contributed by atoms with Gasteiger partial charge < -0.3 is 10.1 Å². The van der Waals surface area contributed by atoms with Gasteiger partial charge in [0.15, 0.2) is 6.61 Å². The van der Waals surface area contributed by atoms with Crippen molar-refractivity contribution in [2.75, 3.05) is 11.9 Å². The van der Waals surface area contributed by atoms with E-state index in [1.54, 1.807) is 18.2 Å². The number of fused-ring (bicyclic) bond motifs is 1. The van der Waals surface area contributed by atoms with Gasteiger partial charge >= 0.3 is 5.97 Å². The Morgan fingerprint density at radius 2 is 1.70 bits per heavy atom. The Kier molecular flexibility index (Phi) is 5.45. The van der Waals surface area contributed by atoms with Crippen molar-refractivity contribution in [2.24, 2.45) is 0 Å². The monoisotopic (exact) mass is 363 g/mol. The van der Waals surface area contributed by atoms with E-state index in [0.717, 1.165) is 29.1 Å². The van der Waals surface area contributed by atoms with E-state index in [9.17, 15) is 9.59 Å². The van der Waals surface area contributed by atoms with Crippen molar-refractivity contribution in [3.8, 4) is 0 Å². The van der Waals surface area contributed by atoms with Crippen LogP contribution in [0.4, 0.5) is 5.69 Å². The number of amides is 1. The average Bonchev–Trinajstić information content (AvgIpc) is 2.67. The fraction of sp³-hybridized carbons (Fsp3) is 0.238. The quantitative estimate of drug-likeness (QED) is 0.701. The minimum atomic E-state index is -0.573. The second-order valence-electron chi connectivity index (χ2n) is 6.23. The van der Waals surface area contributed by atoms with Gasteiger partial charge in [-0.1, -0.05) is 25.1 Å². The molecule has 0 saturated heterocycles. The van der Waals surface area contributed by atoms with Crippen LogP contribution in [0, 0.1) is 13.8 Å². The molecule has 0 bridgehead atoms. The van der Waals surface area contributed by atoms with Gasteiger partial charge in [-0.3, -0.25) is 4.79 Å². The van der Waals surface area contributed by atoms with E-state index in [4.69, 9.17) is 4.74 Å². The molecule has 0 unspecified atom stereocenters. The molecule has 0 saturated carbocycles. The smallest absolute Gasteiger partial charge is 0.338 e. The number of aromatic nitrogens is 2. The molecule has 0 spiro atoms. The van der Waals surface area contributed by atoms with Crippen molar-refractivity contribution in [1.29, 1.82) is 0 Å². The highest BCUT2D eigenvalue weighted by atomic mass is 16.5. The summed E-state index contributed by atoms with van der Waals surface area (Å²) in [6.45, 7) is 5.41. The zero-order valence-corrected chi connectivity index (χ0v) is 15.6. The lowest BCUT2D eigenvalue weighted by Crippen LogP contribution is -2.21. The minimum absolute atomic E-state index is 0.335. The van der Waals surface area contributed by atoms with E-state index in [1.165, 1.54) is 0 Å². The number of benzene rings is 2. The minimum Gasteiger partial charge on any atom is -0.452 e. The SMILES string of the molecule is CCc1ccccc1NC(=O)COC(=O)c1ccc2nc(C)c(C)nc2c1. The lowest BCUT2D eigenvalue weighted by atomic mass is 10.1. The molecular formula is C21H21N3O3. The van der Waals surface area contributed by atoms with Gasteiger partial charge in [0.05, 0.1) is 28.0 Å². The van der Waals surface area contributed by atoms with Gasteiger partial charge in [-0.25, -0.2) is 14.8 Å². The van der Waals surface area contributed by atoms with Gasteiger partial charge in [0, 0.05) is 5.69 Å². The highest BCUT2D eigenvalue weighted by Crippen LogP contribution is 2.16. The predicted molar refractivity (Wildman–Crippen MR) is 104 cm³/mol. The van der Waals surface area contributed by atoms with Gasteiger partial charge in [0.1, 0.15) is 0 Å². The first-order valence-electron chi connectivity index (χ1n) is 8.78. The lowest BCUT2D eigenvalue weighted by Gasteiger charge is -2.10. The molecule has 0 aliphatic carbocycles. The number of para-hydroxylation sites is 1. The third-order valence-corrected chi connectivity index (χ3v) is 4.32. The highest BCUT2D eigenvalue weighted by Gasteiger charge is 2.13. The molecular weight excluding hydrogens is 342 g/mol. The Labute approximate surface area is 157 Å². The summed E-state index contributed by atoms with van der Waals surface area (Å²) in [5.41, 5.74) is 5.08. The summed E-state index contributed by atoms with van der Waals surface area (Å²) >= 11 is 0. The number of hydrogen-bond acceptors (Lipinski definition) is 5. The van der Waals surface area contributed by atoms with Crippen LogP contribution in [0.2, 0.25) is 0 Å². The van der Waals surface area contributed by atoms with Gasteiger partial charge in [-0.05, 0) is 50.1 Å². The molecule has 0 fully saturated rings. The van der Waals surface area contributed by atoms with Crippen LogP contribution in [0.1, 0.15) is 34.2 Å². The topological polar surface area (TPSA) is 81.2 Å². The van der Waals surface area contributed by atoms with Crippen molar-refractivity contribution >= 4 is 28.6 Å². The largest absolute Gasteiger partial charge is 0.452 e. The molecule has 0 radical (unpaired) electrons. The molecule has 3 aromatic rings. The Morgan fingerprint density at radius 3 is 2.44 bits per heavy atom. The maximum Gasteiger partial charge on any atom is 0.338 e.